The zero-order valence-corrected chi connectivity index (χ0v) is 13.2. The van der Waals surface area contributed by atoms with Gasteiger partial charge in [0.15, 0.2) is 5.17 Å². The van der Waals surface area contributed by atoms with Crippen LogP contribution in [0.25, 0.3) is 0 Å². The number of hydrogen-bond donors (Lipinski definition) is 1. The van der Waals surface area contributed by atoms with E-state index >= 15 is 0 Å². The van der Waals surface area contributed by atoms with Crippen molar-refractivity contribution in [3.63, 3.8) is 0 Å². The van der Waals surface area contributed by atoms with Gasteiger partial charge >= 0.3 is 0 Å². The quantitative estimate of drug-likeness (QED) is 0.930. The Labute approximate surface area is 130 Å². The van der Waals surface area contributed by atoms with E-state index in [0.29, 0.717) is 6.04 Å². The molecular weight excluding hydrogens is 282 g/mol. The summed E-state index contributed by atoms with van der Waals surface area (Å²) in [6.45, 7) is 0. The molecule has 21 heavy (non-hydrogen) atoms. The first kappa shape index (κ1) is 14.4. The Hall–Kier alpha value is -1.49. The van der Waals surface area contributed by atoms with Gasteiger partial charge in [-0.15, -0.1) is 0 Å². The van der Waals surface area contributed by atoms with E-state index in [4.69, 9.17) is 9.73 Å². The Morgan fingerprint density at radius 3 is 2.57 bits per heavy atom. The molecule has 0 spiro atoms. The summed E-state index contributed by atoms with van der Waals surface area (Å²) >= 11 is 1.75. The third kappa shape index (κ3) is 3.79. The van der Waals surface area contributed by atoms with Crippen LogP contribution < -0.4 is 10.2 Å². The molecule has 0 atom stereocenters. The number of amidine groups is 1. The van der Waals surface area contributed by atoms with E-state index in [9.17, 15) is 0 Å². The summed E-state index contributed by atoms with van der Waals surface area (Å²) in [7, 11) is 1.68. The van der Waals surface area contributed by atoms with Crippen molar-refractivity contribution in [1.82, 2.24) is 5.43 Å². The number of ether oxygens (including phenoxy) is 1. The van der Waals surface area contributed by atoms with Gasteiger partial charge in [0.25, 0.3) is 0 Å². The van der Waals surface area contributed by atoms with Gasteiger partial charge in [-0.3, -0.25) is 10.4 Å². The summed E-state index contributed by atoms with van der Waals surface area (Å²) < 4.78 is 5.18. The van der Waals surface area contributed by atoms with E-state index in [2.05, 4.69) is 10.5 Å². The number of rotatable bonds is 3. The molecule has 1 aliphatic carbocycles. The zero-order chi connectivity index (χ0) is 14.5. The minimum atomic E-state index is 0.492. The highest BCUT2D eigenvalue weighted by molar-refractivity contribution is 8.14. The number of benzene rings is 1. The largest absolute Gasteiger partial charge is 0.497 e. The van der Waals surface area contributed by atoms with Gasteiger partial charge in [-0.2, -0.15) is 5.10 Å². The minimum absolute atomic E-state index is 0.492. The highest BCUT2D eigenvalue weighted by Gasteiger charge is 2.17. The van der Waals surface area contributed by atoms with Crippen LogP contribution in [-0.2, 0) is 0 Å². The van der Waals surface area contributed by atoms with Gasteiger partial charge < -0.3 is 4.74 Å². The number of nitrogens with one attached hydrogen (secondary N) is 1. The summed E-state index contributed by atoms with van der Waals surface area (Å²) in [6, 6.07) is 8.51. The first-order valence-electron chi connectivity index (χ1n) is 7.53. The molecule has 0 amide bonds. The molecule has 0 radical (unpaired) electrons. The highest BCUT2D eigenvalue weighted by Crippen LogP contribution is 2.23. The van der Waals surface area contributed by atoms with Gasteiger partial charge in [-0.25, -0.2) is 0 Å². The number of thioether (sulfide) groups is 1. The van der Waals surface area contributed by atoms with E-state index < -0.39 is 0 Å². The maximum atomic E-state index is 5.18. The van der Waals surface area contributed by atoms with Crippen molar-refractivity contribution in [2.45, 2.75) is 38.1 Å². The molecule has 1 heterocycles. The molecule has 1 aromatic carbocycles. The van der Waals surface area contributed by atoms with Crippen LogP contribution in [0.4, 0.5) is 0 Å². The molecule has 1 fully saturated rings. The number of aliphatic imine (C=N–C) groups is 1. The molecule has 1 aliphatic heterocycles. The van der Waals surface area contributed by atoms with Crippen molar-refractivity contribution >= 4 is 22.6 Å². The lowest BCUT2D eigenvalue weighted by molar-refractivity contribution is 0.415. The average Bonchev–Trinajstić information content (AvgIpc) is 2.57. The topological polar surface area (TPSA) is 46.0 Å². The van der Waals surface area contributed by atoms with Gasteiger partial charge in [-0.05, 0) is 42.7 Å². The SMILES string of the molecule is COc1ccc(C2=NNC(=NC3CCCCC3)SC2)cc1. The van der Waals surface area contributed by atoms with E-state index in [-0.39, 0.29) is 0 Å². The van der Waals surface area contributed by atoms with E-state index in [1.165, 1.54) is 32.1 Å². The van der Waals surface area contributed by atoms with Gasteiger partial charge in [-0.1, -0.05) is 31.0 Å². The summed E-state index contributed by atoms with van der Waals surface area (Å²) in [4.78, 5) is 4.79. The standard InChI is InChI=1S/C16H21N3OS/c1-20-14-9-7-12(8-10-14)15-11-21-16(19-18-15)17-13-5-3-2-4-6-13/h7-10,13H,2-6,11H2,1H3,(H,17,19). The monoisotopic (exact) mass is 303 g/mol. The number of hydrazone groups is 1. The Morgan fingerprint density at radius 1 is 1.19 bits per heavy atom. The smallest absolute Gasteiger partial charge is 0.177 e. The Balaban J connectivity index is 1.64. The first-order chi connectivity index (χ1) is 10.3. The molecule has 112 valence electrons. The van der Waals surface area contributed by atoms with Crippen molar-refractivity contribution in [2.24, 2.45) is 10.1 Å². The van der Waals surface area contributed by atoms with Crippen LogP contribution in [0.1, 0.15) is 37.7 Å². The average molecular weight is 303 g/mol. The highest BCUT2D eigenvalue weighted by atomic mass is 32.2. The molecule has 5 heteroatoms. The first-order valence-corrected chi connectivity index (χ1v) is 8.51. The molecular formula is C16H21N3OS. The van der Waals surface area contributed by atoms with Crippen LogP contribution in [0.3, 0.4) is 0 Å². The summed E-state index contributed by atoms with van der Waals surface area (Å²) in [5, 5.41) is 5.45. The summed E-state index contributed by atoms with van der Waals surface area (Å²) in [5.41, 5.74) is 5.31. The third-order valence-corrected chi connectivity index (χ3v) is 4.82. The van der Waals surface area contributed by atoms with Crippen LogP contribution in [0, 0.1) is 0 Å². The second-order valence-corrected chi connectivity index (χ2v) is 6.38. The molecule has 0 unspecified atom stereocenters. The van der Waals surface area contributed by atoms with E-state index in [1.807, 2.05) is 24.3 Å². The molecule has 1 N–H and O–H groups in total. The van der Waals surface area contributed by atoms with Crippen molar-refractivity contribution < 1.29 is 4.74 Å². The Morgan fingerprint density at radius 2 is 1.95 bits per heavy atom. The maximum absolute atomic E-state index is 5.18. The number of methoxy groups -OCH3 is 1. The molecule has 0 bridgehead atoms. The molecule has 1 aromatic rings. The lowest BCUT2D eigenvalue weighted by Gasteiger charge is -2.21. The van der Waals surface area contributed by atoms with Crippen molar-refractivity contribution in [2.75, 3.05) is 12.9 Å². The van der Waals surface area contributed by atoms with Crippen LogP contribution in [-0.4, -0.2) is 29.8 Å². The predicted molar refractivity (Wildman–Crippen MR) is 89.4 cm³/mol. The van der Waals surface area contributed by atoms with E-state index in [0.717, 1.165) is 27.9 Å². The molecule has 1 saturated carbocycles. The molecule has 0 aromatic heterocycles. The van der Waals surface area contributed by atoms with Crippen molar-refractivity contribution in [3.8, 4) is 5.75 Å². The fourth-order valence-electron chi connectivity index (χ4n) is 2.69. The summed E-state index contributed by atoms with van der Waals surface area (Å²) in [6.07, 6.45) is 6.43. The van der Waals surface area contributed by atoms with Crippen molar-refractivity contribution in [1.29, 1.82) is 0 Å². The van der Waals surface area contributed by atoms with Gasteiger partial charge in [0.05, 0.1) is 18.9 Å². The van der Waals surface area contributed by atoms with Crippen LogP contribution in [0.2, 0.25) is 0 Å². The molecule has 0 saturated heterocycles. The number of nitrogens with zero attached hydrogens (tertiary/aromatic N) is 2. The van der Waals surface area contributed by atoms with Crippen LogP contribution >= 0.6 is 11.8 Å². The van der Waals surface area contributed by atoms with Gasteiger partial charge in [0.1, 0.15) is 5.75 Å². The van der Waals surface area contributed by atoms with Crippen molar-refractivity contribution in [3.05, 3.63) is 29.8 Å². The Kier molecular flexibility index (Phi) is 4.80. The molecule has 2 aliphatic rings. The lowest BCUT2D eigenvalue weighted by atomic mass is 9.96. The summed E-state index contributed by atoms with van der Waals surface area (Å²) in [5.74, 6) is 1.74. The molecule has 4 nitrogen and oxygen atoms in total. The second-order valence-electron chi connectivity index (χ2n) is 5.41. The fraction of sp³-hybridized carbons (Fsp3) is 0.500. The van der Waals surface area contributed by atoms with Crippen LogP contribution in [0.15, 0.2) is 34.4 Å². The van der Waals surface area contributed by atoms with Crippen LogP contribution in [0.5, 0.6) is 5.75 Å². The maximum Gasteiger partial charge on any atom is 0.177 e. The zero-order valence-electron chi connectivity index (χ0n) is 12.3. The number of hydrogen-bond acceptors (Lipinski definition) is 4. The molecule has 3 rings (SSSR count). The van der Waals surface area contributed by atoms with E-state index in [1.54, 1.807) is 18.9 Å². The normalized spacial score (nSPS) is 21.8. The second kappa shape index (κ2) is 6.98. The minimum Gasteiger partial charge on any atom is -0.497 e. The Bertz CT molecular complexity index is 533. The van der Waals surface area contributed by atoms with Gasteiger partial charge in [0.2, 0.25) is 0 Å². The third-order valence-electron chi connectivity index (χ3n) is 3.93. The predicted octanol–water partition coefficient (Wildman–Crippen LogP) is 3.42. The van der Waals surface area contributed by atoms with Gasteiger partial charge in [0, 0.05) is 5.75 Å². The lowest BCUT2D eigenvalue weighted by Crippen LogP contribution is -2.27. The fourth-order valence-corrected chi connectivity index (χ4v) is 3.53.